The Morgan fingerprint density at radius 3 is 2.20 bits per heavy atom. The Labute approximate surface area is 112 Å². The van der Waals surface area contributed by atoms with Gasteiger partial charge < -0.3 is 10.0 Å². The van der Waals surface area contributed by atoms with E-state index in [0.717, 1.165) is 30.1 Å². The maximum absolute atomic E-state index is 10.6. The number of aromatic carboxylic acids is 1. The fourth-order valence-electron chi connectivity index (χ4n) is 1.41. The highest BCUT2D eigenvalue weighted by atomic mass is 32.1. The van der Waals surface area contributed by atoms with E-state index in [2.05, 4.69) is 9.88 Å². The topological polar surface area (TPSA) is 53.4 Å². The van der Waals surface area contributed by atoms with Gasteiger partial charge in [0.1, 0.15) is 0 Å². The monoisotopic (exact) mass is 332 g/mol. The van der Waals surface area contributed by atoms with Gasteiger partial charge in [-0.2, -0.15) is 0 Å². The largest absolute Gasteiger partial charge is 0.476 e. The molecule has 0 aromatic carbocycles. The Morgan fingerprint density at radius 2 is 1.75 bits per heavy atom. The fraction of sp³-hybridized carbons (Fsp3) is 0.500. The summed E-state index contributed by atoms with van der Waals surface area (Å²) in [4.78, 5) is 18.0. The molecule has 120 valence electrons. The Kier molecular flexibility index (Phi) is 16.5. The number of carbonyl (C=O) groups is 1. The molecule has 4 nitrogen and oxygen atoms in total. The van der Waals surface area contributed by atoms with Crippen LogP contribution < -0.4 is 0 Å². The second-order valence-electron chi connectivity index (χ2n) is 3.18. The molecule has 0 saturated heterocycles. The average molecular weight is 332 g/mol. The van der Waals surface area contributed by atoms with Crippen LogP contribution in [0, 0.1) is 0 Å². The van der Waals surface area contributed by atoms with Crippen LogP contribution in [-0.2, 0) is 13.0 Å². The van der Waals surface area contributed by atoms with E-state index in [1.54, 1.807) is 0 Å². The predicted octanol–water partition coefficient (Wildman–Crippen LogP) is 3.50. The number of halogens is 7. The van der Waals surface area contributed by atoms with Crippen LogP contribution in [0.3, 0.4) is 0 Å². The van der Waals surface area contributed by atoms with Gasteiger partial charge in [0.25, 0.3) is 0 Å². The zero-order valence-electron chi connectivity index (χ0n) is 9.96. The van der Waals surface area contributed by atoms with Crippen LogP contribution in [0.4, 0.5) is 32.1 Å². The molecule has 0 fully saturated rings. The molecule has 0 atom stereocenters. The van der Waals surface area contributed by atoms with Crippen LogP contribution >= 0.6 is 11.3 Å². The Bertz CT molecular complexity index is 367. The normalized spacial score (nSPS) is 11.9. The van der Waals surface area contributed by atoms with Crippen molar-refractivity contribution in [2.75, 3.05) is 13.6 Å². The average Bonchev–Trinajstić information content (AvgIpc) is 2.89. The molecule has 1 aliphatic heterocycles. The molecule has 0 aliphatic carbocycles. The van der Waals surface area contributed by atoms with E-state index in [0.29, 0.717) is 0 Å². The molecule has 0 amide bonds. The maximum Gasteiger partial charge on any atom is 0.365 e. The second-order valence-corrected chi connectivity index (χ2v) is 4.27. The SMILES string of the molecule is CN1CCc2nc(C(=O)O)sc2C1.F.FF.FF.FF. The van der Waals surface area contributed by atoms with Gasteiger partial charge in [0.05, 0.1) is 5.69 Å². The number of hydrogen-bond acceptors (Lipinski definition) is 4. The van der Waals surface area contributed by atoms with Crippen molar-refractivity contribution in [3.63, 3.8) is 0 Å². The highest BCUT2D eigenvalue weighted by Gasteiger charge is 2.20. The Hall–Kier alpha value is -1.43. The number of rotatable bonds is 1. The first-order valence-corrected chi connectivity index (χ1v) is 5.32. The van der Waals surface area contributed by atoms with Crippen molar-refractivity contribution in [3.05, 3.63) is 15.6 Å². The molecule has 0 radical (unpaired) electrons. The highest BCUT2D eigenvalue weighted by Crippen LogP contribution is 2.24. The van der Waals surface area contributed by atoms with Gasteiger partial charge in [-0.3, -0.25) is 4.70 Å². The summed E-state index contributed by atoms with van der Waals surface area (Å²) in [6.45, 7) is 1.80. The lowest BCUT2D eigenvalue weighted by Crippen LogP contribution is -2.25. The third kappa shape index (κ3) is 7.23. The Balaban J connectivity index is -0.000000368. The lowest BCUT2D eigenvalue weighted by molar-refractivity contribution is 0.0696. The van der Waals surface area contributed by atoms with Gasteiger partial charge in [-0.25, -0.2) is 9.78 Å². The minimum Gasteiger partial charge on any atom is -0.476 e. The van der Waals surface area contributed by atoms with Crippen molar-refractivity contribution in [2.24, 2.45) is 0 Å². The molecule has 1 aromatic rings. The van der Waals surface area contributed by atoms with Crippen LogP contribution in [0.2, 0.25) is 0 Å². The molecule has 2 rings (SSSR count). The van der Waals surface area contributed by atoms with E-state index in [4.69, 9.17) is 32.6 Å². The first-order valence-electron chi connectivity index (χ1n) is 4.50. The van der Waals surface area contributed by atoms with E-state index >= 15 is 0 Å². The number of carboxylic acid groups (broad SMARTS) is 1. The summed E-state index contributed by atoms with van der Waals surface area (Å²) >= 11 is 1.29. The minimum atomic E-state index is -0.915. The number of likely N-dealkylation sites (N-methyl/N-ethyl adjacent to an activating group) is 1. The van der Waals surface area contributed by atoms with Crippen molar-refractivity contribution >= 4 is 17.3 Å². The molecule has 0 unspecified atom stereocenters. The molecule has 2 heterocycles. The molecule has 20 heavy (non-hydrogen) atoms. The summed E-state index contributed by atoms with van der Waals surface area (Å²) in [5.41, 5.74) is 0.973. The summed E-state index contributed by atoms with van der Waals surface area (Å²) in [5, 5.41) is 8.96. The third-order valence-corrected chi connectivity index (χ3v) is 3.18. The van der Waals surface area contributed by atoms with E-state index in [-0.39, 0.29) is 9.71 Å². The predicted molar refractivity (Wildman–Crippen MR) is 58.3 cm³/mol. The Morgan fingerprint density at radius 1 is 1.25 bits per heavy atom. The number of nitrogens with zero attached hydrogens (tertiary/aromatic N) is 2. The van der Waals surface area contributed by atoms with Gasteiger partial charge >= 0.3 is 5.97 Å². The second kappa shape index (κ2) is 14.0. The number of thiazole rings is 1. The zero-order chi connectivity index (χ0) is 15.4. The molecule has 0 spiro atoms. The van der Waals surface area contributed by atoms with Crippen LogP contribution in [-0.4, -0.2) is 34.6 Å². The fourth-order valence-corrected chi connectivity index (χ4v) is 2.44. The quantitative estimate of drug-likeness (QED) is 0.800. The molecular weight excluding hydrogens is 321 g/mol. The van der Waals surface area contributed by atoms with Crippen molar-refractivity contribution in [1.82, 2.24) is 9.88 Å². The molecule has 0 bridgehead atoms. The van der Waals surface area contributed by atoms with E-state index in [1.807, 2.05) is 7.05 Å². The third-order valence-electron chi connectivity index (χ3n) is 2.11. The van der Waals surface area contributed by atoms with Crippen LogP contribution in [0.5, 0.6) is 0 Å². The number of hydrogen-bond donors (Lipinski definition) is 1. The van der Waals surface area contributed by atoms with Gasteiger partial charge in [0.2, 0.25) is 5.01 Å². The number of fused-ring (bicyclic) bond motifs is 1. The minimum absolute atomic E-state index is 0. The van der Waals surface area contributed by atoms with Crippen molar-refractivity contribution in [2.45, 2.75) is 13.0 Å². The van der Waals surface area contributed by atoms with E-state index < -0.39 is 5.97 Å². The molecule has 0 saturated carbocycles. The highest BCUT2D eigenvalue weighted by molar-refractivity contribution is 7.13. The van der Waals surface area contributed by atoms with Crippen LogP contribution in [0.25, 0.3) is 0 Å². The molecule has 1 aromatic heterocycles. The van der Waals surface area contributed by atoms with Gasteiger partial charge in [-0.1, -0.05) is 0 Å². The standard InChI is InChI=1S/C8H10N2O2S.3F2.FH/c1-10-3-2-5-6(4-10)13-7(9-5)8(11)12;3*1-2;/h2-4H2,1H3,(H,11,12);;;;1H. The van der Waals surface area contributed by atoms with Gasteiger partial charge in [0, 0.05) is 51.8 Å². The van der Waals surface area contributed by atoms with Gasteiger partial charge in [-0.05, 0) is 7.05 Å². The molecule has 12 heteroatoms. The van der Waals surface area contributed by atoms with E-state index in [9.17, 15) is 4.79 Å². The first kappa shape index (κ1) is 23.6. The van der Waals surface area contributed by atoms with Crippen molar-refractivity contribution < 1.29 is 42.1 Å². The van der Waals surface area contributed by atoms with Gasteiger partial charge in [-0.15, -0.1) is 11.3 Å². The van der Waals surface area contributed by atoms with E-state index in [1.165, 1.54) is 11.3 Å². The maximum atomic E-state index is 10.6. The van der Waals surface area contributed by atoms with Gasteiger partial charge in [0.15, 0.2) is 0 Å². The molecule has 1 aliphatic rings. The van der Waals surface area contributed by atoms with Crippen molar-refractivity contribution in [3.8, 4) is 0 Å². The summed E-state index contributed by atoms with van der Waals surface area (Å²) in [7, 11) is 2.03. The summed E-state index contributed by atoms with van der Waals surface area (Å²) in [5.74, 6) is -0.915. The number of carboxylic acids is 1. The first-order chi connectivity index (χ1) is 9.16. The zero-order valence-corrected chi connectivity index (χ0v) is 10.8. The molecular formula is C8H11F7N2O2S. The lowest BCUT2D eigenvalue weighted by atomic mass is 10.2. The van der Waals surface area contributed by atoms with Crippen molar-refractivity contribution in [1.29, 1.82) is 0 Å². The summed E-state index contributed by atoms with van der Waals surface area (Å²) in [6, 6.07) is 0. The van der Waals surface area contributed by atoms with Crippen LogP contribution in [0.1, 0.15) is 20.4 Å². The van der Waals surface area contributed by atoms with Crippen LogP contribution in [0.15, 0.2) is 0 Å². The molecule has 1 N–H and O–H groups in total. The smallest absolute Gasteiger partial charge is 0.365 e. The summed E-state index contributed by atoms with van der Waals surface area (Å²) < 4.78 is 48.0. The number of aromatic nitrogens is 1. The lowest BCUT2D eigenvalue weighted by Gasteiger charge is -2.20. The summed E-state index contributed by atoms with van der Waals surface area (Å²) in [6.07, 6.45) is 0.871.